The fraction of sp³-hybridized carbons (Fsp3) is 1.00. The van der Waals surface area contributed by atoms with Crippen LogP contribution in [0, 0.1) is 0 Å². The smallest absolute Gasteiger partial charge is 0.218 e. The number of sulfonamides is 1. The van der Waals surface area contributed by atoms with Gasteiger partial charge in [-0.15, -0.1) is 0 Å². The Hall–Kier alpha value is -0.130. The van der Waals surface area contributed by atoms with Gasteiger partial charge in [-0.3, -0.25) is 0 Å². The van der Waals surface area contributed by atoms with Gasteiger partial charge in [0.05, 0.1) is 5.25 Å². The van der Waals surface area contributed by atoms with Crippen LogP contribution in [0.1, 0.15) is 52.9 Å². The summed E-state index contributed by atoms with van der Waals surface area (Å²) in [5.74, 6) is 0. The lowest BCUT2D eigenvalue weighted by Gasteiger charge is -2.29. The van der Waals surface area contributed by atoms with E-state index < -0.39 is 10.0 Å². The quantitative estimate of drug-likeness (QED) is 0.690. The lowest BCUT2D eigenvalue weighted by atomic mass is 10.2. The minimum absolute atomic E-state index is 0.244. The van der Waals surface area contributed by atoms with E-state index in [1.54, 1.807) is 4.31 Å². The zero-order valence-electron chi connectivity index (χ0n) is 12.0. The number of hydrogen-bond donors (Lipinski definition) is 1. The Kier molecular flexibility index (Phi) is 6.60. The Balaban J connectivity index is 2.63. The molecule has 0 aromatic rings. The molecule has 0 saturated heterocycles. The highest BCUT2D eigenvalue weighted by molar-refractivity contribution is 7.89. The zero-order chi connectivity index (χ0) is 13.6. The van der Waals surface area contributed by atoms with E-state index in [0.717, 1.165) is 25.8 Å². The van der Waals surface area contributed by atoms with Crippen molar-refractivity contribution in [2.45, 2.75) is 64.2 Å². The second kappa shape index (κ2) is 7.46. The SMILES string of the molecule is CCCNCC(C)S(=O)(=O)N(CC)C1CCCC1. The maximum atomic E-state index is 12.5. The summed E-state index contributed by atoms with van der Waals surface area (Å²) in [4.78, 5) is 0. The number of hydrogen-bond acceptors (Lipinski definition) is 3. The summed E-state index contributed by atoms with van der Waals surface area (Å²) in [5, 5.41) is 2.88. The van der Waals surface area contributed by atoms with Crippen molar-refractivity contribution in [3.05, 3.63) is 0 Å². The maximum Gasteiger partial charge on any atom is 0.218 e. The third-order valence-corrected chi connectivity index (χ3v) is 6.13. The van der Waals surface area contributed by atoms with Crippen LogP contribution in [0.4, 0.5) is 0 Å². The molecule has 0 amide bonds. The van der Waals surface area contributed by atoms with Crippen molar-refractivity contribution in [1.82, 2.24) is 9.62 Å². The summed E-state index contributed by atoms with van der Waals surface area (Å²) >= 11 is 0. The van der Waals surface area contributed by atoms with Crippen molar-refractivity contribution in [3.63, 3.8) is 0 Å². The molecule has 1 saturated carbocycles. The summed E-state index contributed by atoms with van der Waals surface area (Å²) in [7, 11) is -3.14. The number of nitrogens with zero attached hydrogens (tertiary/aromatic N) is 1. The van der Waals surface area contributed by atoms with Gasteiger partial charge < -0.3 is 5.32 Å². The van der Waals surface area contributed by atoms with E-state index in [1.165, 1.54) is 12.8 Å². The molecule has 18 heavy (non-hydrogen) atoms. The average Bonchev–Trinajstić information content (AvgIpc) is 2.83. The van der Waals surface area contributed by atoms with Crippen LogP contribution in [-0.2, 0) is 10.0 Å². The zero-order valence-corrected chi connectivity index (χ0v) is 12.8. The third kappa shape index (κ3) is 3.93. The van der Waals surface area contributed by atoms with Gasteiger partial charge in [0.15, 0.2) is 0 Å². The molecule has 4 nitrogen and oxygen atoms in total. The van der Waals surface area contributed by atoms with E-state index in [1.807, 2.05) is 13.8 Å². The van der Waals surface area contributed by atoms with Crippen molar-refractivity contribution < 1.29 is 8.42 Å². The Morgan fingerprint density at radius 3 is 2.39 bits per heavy atom. The Morgan fingerprint density at radius 1 is 1.28 bits per heavy atom. The van der Waals surface area contributed by atoms with E-state index in [9.17, 15) is 8.42 Å². The van der Waals surface area contributed by atoms with Crippen LogP contribution in [0.5, 0.6) is 0 Å². The minimum Gasteiger partial charge on any atom is -0.315 e. The van der Waals surface area contributed by atoms with Crippen molar-refractivity contribution in [1.29, 1.82) is 0 Å². The van der Waals surface area contributed by atoms with E-state index in [-0.39, 0.29) is 11.3 Å². The van der Waals surface area contributed by atoms with Crippen molar-refractivity contribution in [2.75, 3.05) is 19.6 Å². The first-order chi connectivity index (χ1) is 8.54. The Morgan fingerprint density at radius 2 is 1.89 bits per heavy atom. The van der Waals surface area contributed by atoms with E-state index >= 15 is 0 Å². The highest BCUT2D eigenvalue weighted by atomic mass is 32.2. The van der Waals surface area contributed by atoms with Crippen molar-refractivity contribution in [3.8, 4) is 0 Å². The van der Waals surface area contributed by atoms with E-state index in [2.05, 4.69) is 12.2 Å². The second-order valence-corrected chi connectivity index (χ2v) is 7.51. The van der Waals surface area contributed by atoms with Crippen LogP contribution in [0.15, 0.2) is 0 Å². The van der Waals surface area contributed by atoms with Gasteiger partial charge in [0.25, 0.3) is 0 Å². The molecular formula is C13H28N2O2S. The number of rotatable bonds is 8. The van der Waals surface area contributed by atoms with Gasteiger partial charge in [0, 0.05) is 19.1 Å². The first-order valence-corrected chi connectivity index (χ1v) is 8.75. The molecule has 0 aromatic heterocycles. The van der Waals surface area contributed by atoms with Crippen molar-refractivity contribution in [2.24, 2.45) is 0 Å². The van der Waals surface area contributed by atoms with Crippen LogP contribution in [0.2, 0.25) is 0 Å². The molecule has 1 fully saturated rings. The van der Waals surface area contributed by atoms with Gasteiger partial charge in [-0.05, 0) is 32.7 Å². The summed E-state index contributed by atoms with van der Waals surface area (Å²) in [6.07, 6.45) is 5.43. The molecule has 1 unspecified atom stereocenters. The summed E-state index contributed by atoms with van der Waals surface area (Å²) in [6.45, 7) is 7.89. The second-order valence-electron chi connectivity index (χ2n) is 5.20. The van der Waals surface area contributed by atoms with E-state index in [4.69, 9.17) is 0 Å². The topological polar surface area (TPSA) is 49.4 Å². The summed E-state index contributed by atoms with van der Waals surface area (Å²) in [5.41, 5.74) is 0. The molecule has 1 aliphatic rings. The van der Waals surface area contributed by atoms with Gasteiger partial charge in [0.2, 0.25) is 10.0 Å². The first-order valence-electron chi connectivity index (χ1n) is 7.25. The molecule has 0 aliphatic heterocycles. The fourth-order valence-corrected chi connectivity index (χ4v) is 4.43. The summed E-state index contributed by atoms with van der Waals surface area (Å²) in [6, 6.07) is 0.244. The maximum absolute atomic E-state index is 12.5. The predicted octanol–water partition coefficient (Wildman–Crippen LogP) is 1.97. The van der Waals surface area contributed by atoms with Crippen LogP contribution in [0.25, 0.3) is 0 Å². The van der Waals surface area contributed by atoms with E-state index in [0.29, 0.717) is 13.1 Å². The molecule has 0 aromatic carbocycles. The normalized spacial score (nSPS) is 19.6. The van der Waals surface area contributed by atoms with Gasteiger partial charge in [-0.2, -0.15) is 4.31 Å². The van der Waals surface area contributed by atoms with Gasteiger partial charge in [0.1, 0.15) is 0 Å². The Bertz CT molecular complexity index is 324. The predicted molar refractivity (Wildman–Crippen MR) is 76.2 cm³/mol. The lowest BCUT2D eigenvalue weighted by Crippen LogP contribution is -2.46. The van der Waals surface area contributed by atoms with Crippen LogP contribution >= 0.6 is 0 Å². The van der Waals surface area contributed by atoms with Crippen molar-refractivity contribution >= 4 is 10.0 Å². The lowest BCUT2D eigenvalue weighted by molar-refractivity contribution is 0.331. The highest BCUT2D eigenvalue weighted by Gasteiger charge is 2.34. The molecule has 1 aliphatic carbocycles. The molecule has 108 valence electrons. The molecular weight excluding hydrogens is 248 g/mol. The monoisotopic (exact) mass is 276 g/mol. The molecule has 0 heterocycles. The van der Waals surface area contributed by atoms with Crippen LogP contribution in [-0.4, -0.2) is 43.6 Å². The van der Waals surface area contributed by atoms with Gasteiger partial charge in [-0.1, -0.05) is 26.7 Å². The average molecular weight is 276 g/mol. The molecule has 0 spiro atoms. The molecule has 1 N–H and O–H groups in total. The molecule has 1 atom stereocenters. The van der Waals surface area contributed by atoms with Crippen LogP contribution < -0.4 is 5.32 Å². The molecule has 0 bridgehead atoms. The highest BCUT2D eigenvalue weighted by Crippen LogP contribution is 2.26. The third-order valence-electron chi connectivity index (χ3n) is 3.74. The summed E-state index contributed by atoms with van der Waals surface area (Å²) < 4.78 is 26.8. The number of nitrogens with one attached hydrogen (secondary N) is 1. The fourth-order valence-electron chi connectivity index (χ4n) is 2.66. The molecule has 1 rings (SSSR count). The van der Waals surface area contributed by atoms with Gasteiger partial charge >= 0.3 is 0 Å². The Labute approximate surface area is 112 Å². The standard InChI is InChI=1S/C13H28N2O2S/c1-4-10-14-11-12(3)18(16,17)15(5-2)13-8-6-7-9-13/h12-14H,4-11H2,1-3H3. The first kappa shape index (κ1) is 15.9. The molecule has 5 heteroatoms. The molecule has 0 radical (unpaired) electrons. The largest absolute Gasteiger partial charge is 0.315 e. The van der Waals surface area contributed by atoms with Crippen LogP contribution in [0.3, 0.4) is 0 Å². The minimum atomic E-state index is -3.14. The van der Waals surface area contributed by atoms with Gasteiger partial charge in [-0.25, -0.2) is 8.42 Å².